The SMILES string of the molecule is COc1ccc(/C=C(/CO)C2CCCCC2)cc1C#N. The Morgan fingerprint density at radius 2 is 2.15 bits per heavy atom. The van der Waals surface area contributed by atoms with E-state index in [0.717, 1.165) is 24.0 Å². The van der Waals surface area contributed by atoms with Crippen LogP contribution >= 0.6 is 0 Å². The third-order valence-electron chi connectivity index (χ3n) is 4.01. The maximum absolute atomic E-state index is 9.61. The van der Waals surface area contributed by atoms with E-state index in [0.29, 0.717) is 17.2 Å². The number of hydrogen-bond acceptors (Lipinski definition) is 3. The fourth-order valence-corrected chi connectivity index (χ4v) is 2.88. The van der Waals surface area contributed by atoms with Gasteiger partial charge >= 0.3 is 0 Å². The molecule has 0 saturated heterocycles. The summed E-state index contributed by atoms with van der Waals surface area (Å²) in [4.78, 5) is 0. The third kappa shape index (κ3) is 3.40. The fraction of sp³-hybridized carbons (Fsp3) is 0.471. The Balaban J connectivity index is 2.25. The summed E-state index contributed by atoms with van der Waals surface area (Å²) in [6.07, 6.45) is 8.13. The van der Waals surface area contributed by atoms with Crippen LogP contribution in [0.1, 0.15) is 43.2 Å². The maximum atomic E-state index is 9.61. The summed E-state index contributed by atoms with van der Waals surface area (Å²) in [6, 6.07) is 7.69. The van der Waals surface area contributed by atoms with Crippen LogP contribution in [0.2, 0.25) is 0 Å². The Morgan fingerprint density at radius 1 is 1.40 bits per heavy atom. The number of aliphatic hydroxyl groups is 1. The molecule has 1 aromatic carbocycles. The lowest BCUT2D eigenvalue weighted by molar-refractivity contribution is 0.295. The highest BCUT2D eigenvalue weighted by atomic mass is 16.5. The first-order valence-corrected chi connectivity index (χ1v) is 7.18. The zero-order valence-corrected chi connectivity index (χ0v) is 11.9. The molecule has 0 spiro atoms. The molecule has 2 rings (SSSR count). The van der Waals surface area contributed by atoms with E-state index in [4.69, 9.17) is 10.00 Å². The van der Waals surface area contributed by atoms with Crippen LogP contribution in [-0.2, 0) is 0 Å². The van der Waals surface area contributed by atoms with Crippen LogP contribution in [0.3, 0.4) is 0 Å². The molecule has 106 valence electrons. The van der Waals surface area contributed by atoms with Crippen molar-refractivity contribution in [2.24, 2.45) is 5.92 Å². The van der Waals surface area contributed by atoms with E-state index in [1.54, 1.807) is 13.2 Å². The van der Waals surface area contributed by atoms with Crippen LogP contribution in [0, 0.1) is 17.2 Å². The predicted octanol–water partition coefficient (Wildman–Crippen LogP) is 3.52. The number of nitrogens with zero attached hydrogens (tertiary/aromatic N) is 1. The second-order valence-electron chi connectivity index (χ2n) is 5.28. The predicted molar refractivity (Wildman–Crippen MR) is 79.3 cm³/mol. The number of rotatable bonds is 4. The van der Waals surface area contributed by atoms with Crippen LogP contribution < -0.4 is 4.74 Å². The van der Waals surface area contributed by atoms with Crippen molar-refractivity contribution in [2.45, 2.75) is 32.1 Å². The molecule has 0 atom stereocenters. The second-order valence-corrected chi connectivity index (χ2v) is 5.28. The van der Waals surface area contributed by atoms with Gasteiger partial charge in [-0.15, -0.1) is 0 Å². The molecule has 20 heavy (non-hydrogen) atoms. The standard InChI is InChI=1S/C17H21NO2/c1-20-17-8-7-13(9-15(17)11-18)10-16(12-19)14-5-3-2-4-6-14/h7-10,14,19H,2-6,12H2,1H3/b16-10-. The number of ether oxygens (including phenoxy) is 1. The Hall–Kier alpha value is -1.79. The molecule has 1 fully saturated rings. The van der Waals surface area contributed by atoms with E-state index in [-0.39, 0.29) is 6.61 Å². The summed E-state index contributed by atoms with van der Waals surface area (Å²) < 4.78 is 5.15. The molecule has 1 aliphatic carbocycles. The lowest BCUT2D eigenvalue weighted by Crippen LogP contribution is -2.11. The van der Waals surface area contributed by atoms with E-state index in [9.17, 15) is 5.11 Å². The van der Waals surface area contributed by atoms with Crippen molar-refractivity contribution in [3.8, 4) is 11.8 Å². The zero-order valence-electron chi connectivity index (χ0n) is 11.9. The maximum Gasteiger partial charge on any atom is 0.136 e. The van der Waals surface area contributed by atoms with Gasteiger partial charge in [-0.1, -0.05) is 31.4 Å². The van der Waals surface area contributed by atoms with E-state index in [2.05, 4.69) is 6.07 Å². The van der Waals surface area contributed by atoms with Gasteiger partial charge in [0, 0.05) is 0 Å². The molecule has 0 bridgehead atoms. The molecule has 1 N–H and O–H groups in total. The van der Waals surface area contributed by atoms with Gasteiger partial charge in [-0.2, -0.15) is 5.26 Å². The molecule has 0 unspecified atom stereocenters. The van der Waals surface area contributed by atoms with Crippen molar-refractivity contribution in [1.82, 2.24) is 0 Å². The average molecular weight is 271 g/mol. The Bertz CT molecular complexity index is 522. The first-order chi connectivity index (χ1) is 9.78. The summed E-state index contributed by atoms with van der Waals surface area (Å²) in [5.41, 5.74) is 2.57. The molecule has 0 amide bonds. The molecule has 3 heteroatoms. The van der Waals surface area contributed by atoms with Crippen molar-refractivity contribution >= 4 is 6.08 Å². The molecule has 0 radical (unpaired) electrons. The number of nitriles is 1. The van der Waals surface area contributed by atoms with Gasteiger partial charge in [0.1, 0.15) is 11.8 Å². The van der Waals surface area contributed by atoms with Gasteiger partial charge in [-0.3, -0.25) is 0 Å². The van der Waals surface area contributed by atoms with Crippen molar-refractivity contribution in [3.63, 3.8) is 0 Å². The molecule has 3 nitrogen and oxygen atoms in total. The zero-order chi connectivity index (χ0) is 14.4. The summed E-state index contributed by atoms with van der Waals surface area (Å²) in [6.45, 7) is 0.0958. The van der Waals surface area contributed by atoms with Gasteiger partial charge in [-0.25, -0.2) is 0 Å². The Morgan fingerprint density at radius 3 is 2.75 bits per heavy atom. The number of aliphatic hydroxyl groups excluding tert-OH is 1. The fourth-order valence-electron chi connectivity index (χ4n) is 2.88. The summed E-state index contributed by atoms with van der Waals surface area (Å²) >= 11 is 0. The lowest BCUT2D eigenvalue weighted by atomic mass is 9.83. The first-order valence-electron chi connectivity index (χ1n) is 7.18. The molecule has 0 aromatic heterocycles. The highest BCUT2D eigenvalue weighted by molar-refractivity contribution is 5.59. The van der Waals surface area contributed by atoms with Gasteiger partial charge in [0.05, 0.1) is 19.3 Å². The number of methoxy groups -OCH3 is 1. The van der Waals surface area contributed by atoms with Gasteiger partial charge < -0.3 is 9.84 Å². The van der Waals surface area contributed by atoms with Crippen molar-refractivity contribution in [1.29, 1.82) is 5.26 Å². The third-order valence-corrected chi connectivity index (χ3v) is 4.01. The van der Waals surface area contributed by atoms with Gasteiger partial charge in [0.2, 0.25) is 0 Å². The molecule has 1 aliphatic rings. The Labute approximate surface area is 120 Å². The minimum Gasteiger partial charge on any atom is -0.495 e. The van der Waals surface area contributed by atoms with Gasteiger partial charge in [0.25, 0.3) is 0 Å². The minimum atomic E-state index is 0.0958. The van der Waals surface area contributed by atoms with Gasteiger partial charge in [-0.05, 0) is 42.0 Å². The quantitative estimate of drug-likeness (QED) is 0.911. The van der Waals surface area contributed by atoms with E-state index in [1.807, 2.05) is 18.2 Å². The summed E-state index contributed by atoms with van der Waals surface area (Å²) in [5, 5.41) is 18.7. The smallest absolute Gasteiger partial charge is 0.136 e. The lowest BCUT2D eigenvalue weighted by Gasteiger charge is -2.23. The van der Waals surface area contributed by atoms with Crippen LogP contribution in [0.15, 0.2) is 23.8 Å². The average Bonchev–Trinajstić information content (AvgIpc) is 2.53. The molecular formula is C17H21NO2. The largest absolute Gasteiger partial charge is 0.495 e. The molecular weight excluding hydrogens is 250 g/mol. The van der Waals surface area contributed by atoms with E-state index >= 15 is 0 Å². The number of hydrogen-bond donors (Lipinski definition) is 1. The topological polar surface area (TPSA) is 53.2 Å². The van der Waals surface area contributed by atoms with Crippen molar-refractivity contribution in [2.75, 3.05) is 13.7 Å². The second kappa shape index (κ2) is 7.12. The normalized spacial score (nSPS) is 16.8. The number of benzene rings is 1. The van der Waals surface area contributed by atoms with Crippen LogP contribution in [-0.4, -0.2) is 18.8 Å². The van der Waals surface area contributed by atoms with Crippen LogP contribution in [0.5, 0.6) is 5.75 Å². The van der Waals surface area contributed by atoms with E-state index in [1.165, 1.54) is 19.3 Å². The highest BCUT2D eigenvalue weighted by Gasteiger charge is 2.17. The molecule has 1 aromatic rings. The van der Waals surface area contributed by atoms with E-state index < -0.39 is 0 Å². The van der Waals surface area contributed by atoms with Gasteiger partial charge in [0.15, 0.2) is 0 Å². The monoisotopic (exact) mass is 271 g/mol. The van der Waals surface area contributed by atoms with Crippen LogP contribution in [0.4, 0.5) is 0 Å². The molecule has 0 heterocycles. The summed E-state index contributed by atoms with van der Waals surface area (Å²) in [7, 11) is 1.56. The van der Waals surface area contributed by atoms with Crippen molar-refractivity contribution in [3.05, 3.63) is 34.9 Å². The highest BCUT2D eigenvalue weighted by Crippen LogP contribution is 2.31. The van der Waals surface area contributed by atoms with Crippen molar-refractivity contribution < 1.29 is 9.84 Å². The first kappa shape index (κ1) is 14.6. The molecule has 0 aliphatic heterocycles. The summed E-state index contributed by atoms with van der Waals surface area (Å²) in [5.74, 6) is 1.08. The Kier molecular flexibility index (Phi) is 5.20. The minimum absolute atomic E-state index is 0.0958. The van der Waals surface area contributed by atoms with Crippen LogP contribution in [0.25, 0.3) is 6.08 Å². The molecule has 1 saturated carbocycles.